The van der Waals surface area contributed by atoms with Gasteiger partial charge in [0.25, 0.3) is 5.19 Å². The lowest BCUT2D eigenvalue weighted by Gasteiger charge is -2.29. The quantitative estimate of drug-likeness (QED) is 0.866. The molecule has 1 aliphatic rings. The van der Waals surface area contributed by atoms with Gasteiger partial charge in [-0.15, -0.1) is 0 Å². The molecule has 0 unspecified atom stereocenters. The maximum absolute atomic E-state index is 12.8. The van der Waals surface area contributed by atoms with Gasteiger partial charge in [-0.25, -0.2) is 9.78 Å². The molecule has 1 aromatic heterocycles. The van der Waals surface area contributed by atoms with E-state index in [9.17, 15) is 4.79 Å². The number of piperidine rings is 1. The van der Waals surface area contributed by atoms with Gasteiger partial charge in [-0.2, -0.15) is 0 Å². The highest BCUT2D eigenvalue weighted by atomic mass is 32.1. The van der Waals surface area contributed by atoms with Crippen LogP contribution >= 0.6 is 11.3 Å². The second-order valence-corrected chi connectivity index (χ2v) is 7.52. The molecule has 2 aromatic rings. The molecule has 0 aliphatic carbocycles. The number of hydrogen-bond donors (Lipinski definition) is 1. The van der Waals surface area contributed by atoms with Crippen LogP contribution in [-0.4, -0.2) is 30.7 Å². The van der Waals surface area contributed by atoms with Crippen molar-refractivity contribution in [2.24, 2.45) is 5.92 Å². The second-order valence-electron chi connectivity index (χ2n) is 6.70. The van der Waals surface area contributed by atoms with Crippen molar-refractivity contribution < 1.29 is 9.53 Å². The number of hydrogen-bond acceptors (Lipinski definition) is 5. The summed E-state index contributed by atoms with van der Waals surface area (Å²) < 4.78 is 5.58. The van der Waals surface area contributed by atoms with Crippen LogP contribution < -0.4 is 15.0 Å². The molecule has 0 saturated carbocycles. The maximum Gasteiger partial charge on any atom is 0.421 e. The largest absolute Gasteiger partial charge is 0.421 e. The first kappa shape index (κ1) is 17.9. The lowest BCUT2D eigenvalue weighted by atomic mass is 9.97. The fourth-order valence-electron chi connectivity index (χ4n) is 2.93. The second kappa shape index (κ2) is 8.45. The Labute approximate surface area is 153 Å². The minimum absolute atomic E-state index is 0.323. The van der Waals surface area contributed by atoms with E-state index in [1.165, 1.54) is 11.3 Å². The first-order chi connectivity index (χ1) is 12.1. The van der Waals surface area contributed by atoms with Crippen molar-refractivity contribution >= 4 is 23.1 Å². The number of benzene rings is 1. The molecule has 2 heterocycles. The van der Waals surface area contributed by atoms with Gasteiger partial charge in [0.05, 0.1) is 5.69 Å². The standard InChI is InChI=1S/C19H25N3O2S/c1-14(2)17-13-25-18(21-17)24-19(23)22(16-6-4-3-5-7-16)12-15-8-10-20-11-9-15/h3-7,13-15,20H,8-12H2,1-2H3. The van der Waals surface area contributed by atoms with Gasteiger partial charge >= 0.3 is 6.09 Å². The molecule has 6 heteroatoms. The van der Waals surface area contributed by atoms with E-state index in [1.54, 1.807) is 4.90 Å². The summed E-state index contributed by atoms with van der Waals surface area (Å²) in [6.07, 6.45) is 1.80. The first-order valence-corrected chi connectivity index (χ1v) is 9.72. The third-order valence-corrected chi connectivity index (χ3v) is 5.19. The number of carbonyl (C=O) groups excluding carboxylic acids is 1. The Kier molecular flexibility index (Phi) is 6.04. The van der Waals surface area contributed by atoms with Crippen molar-refractivity contribution in [2.75, 3.05) is 24.5 Å². The topological polar surface area (TPSA) is 54.5 Å². The lowest BCUT2D eigenvalue weighted by Crippen LogP contribution is -2.40. The summed E-state index contributed by atoms with van der Waals surface area (Å²) in [5.41, 5.74) is 1.82. The predicted octanol–water partition coefficient (Wildman–Crippen LogP) is 4.27. The fraction of sp³-hybridized carbons (Fsp3) is 0.474. The Morgan fingerprint density at radius 2 is 2.04 bits per heavy atom. The number of amides is 1. The van der Waals surface area contributed by atoms with Gasteiger partial charge in [0.2, 0.25) is 0 Å². The van der Waals surface area contributed by atoms with Crippen molar-refractivity contribution in [3.05, 3.63) is 41.4 Å². The summed E-state index contributed by atoms with van der Waals surface area (Å²) in [6, 6.07) is 9.73. The number of ether oxygens (including phenoxy) is 1. The van der Waals surface area contributed by atoms with Crippen molar-refractivity contribution in [2.45, 2.75) is 32.6 Å². The summed E-state index contributed by atoms with van der Waals surface area (Å²) >= 11 is 1.37. The van der Waals surface area contributed by atoms with E-state index < -0.39 is 0 Å². The molecule has 134 valence electrons. The summed E-state index contributed by atoms with van der Waals surface area (Å²) in [5.74, 6) is 0.806. The smallest absolute Gasteiger partial charge is 0.381 e. The molecule has 1 amide bonds. The van der Waals surface area contributed by atoms with Gasteiger partial charge in [-0.05, 0) is 49.9 Å². The first-order valence-electron chi connectivity index (χ1n) is 8.84. The zero-order chi connectivity index (χ0) is 17.6. The molecule has 3 rings (SSSR count). The van der Waals surface area contributed by atoms with Crippen molar-refractivity contribution in [3.63, 3.8) is 0 Å². The Morgan fingerprint density at radius 1 is 1.32 bits per heavy atom. The minimum Gasteiger partial charge on any atom is -0.381 e. The van der Waals surface area contributed by atoms with Gasteiger partial charge in [0.1, 0.15) is 0 Å². The van der Waals surface area contributed by atoms with Crippen LogP contribution in [-0.2, 0) is 0 Å². The van der Waals surface area contributed by atoms with Gasteiger partial charge in [-0.1, -0.05) is 43.4 Å². The van der Waals surface area contributed by atoms with E-state index in [-0.39, 0.29) is 6.09 Å². The van der Waals surface area contributed by atoms with Crippen LogP contribution in [0.15, 0.2) is 35.7 Å². The van der Waals surface area contributed by atoms with Crippen LogP contribution in [0, 0.1) is 5.92 Å². The maximum atomic E-state index is 12.8. The average molecular weight is 359 g/mol. The number of nitrogens with zero attached hydrogens (tertiary/aromatic N) is 2. The predicted molar refractivity (Wildman–Crippen MR) is 102 cm³/mol. The van der Waals surface area contributed by atoms with E-state index in [1.807, 2.05) is 35.7 Å². The Hall–Kier alpha value is -1.92. The highest BCUT2D eigenvalue weighted by Gasteiger charge is 2.24. The zero-order valence-electron chi connectivity index (χ0n) is 14.8. The van der Waals surface area contributed by atoms with Crippen LogP contribution in [0.2, 0.25) is 0 Å². The third-order valence-electron chi connectivity index (χ3n) is 4.45. The van der Waals surface area contributed by atoms with Crippen LogP contribution in [0.4, 0.5) is 10.5 Å². The summed E-state index contributed by atoms with van der Waals surface area (Å²) in [6.45, 7) is 6.84. The molecule has 25 heavy (non-hydrogen) atoms. The van der Waals surface area contributed by atoms with E-state index in [2.05, 4.69) is 24.1 Å². The van der Waals surface area contributed by atoms with E-state index in [0.717, 1.165) is 37.3 Å². The van der Waals surface area contributed by atoms with Crippen molar-refractivity contribution in [3.8, 4) is 5.19 Å². The van der Waals surface area contributed by atoms with Gasteiger partial charge in [0.15, 0.2) is 0 Å². The van der Waals surface area contributed by atoms with Crippen LogP contribution in [0.3, 0.4) is 0 Å². The normalized spacial score (nSPS) is 15.3. The minimum atomic E-state index is -0.352. The molecular weight excluding hydrogens is 334 g/mol. The Bertz CT molecular complexity index is 681. The molecule has 1 saturated heterocycles. The summed E-state index contributed by atoms with van der Waals surface area (Å²) in [4.78, 5) is 19.0. The number of anilines is 1. The Morgan fingerprint density at radius 3 is 2.68 bits per heavy atom. The number of nitrogens with one attached hydrogen (secondary N) is 1. The number of carbonyl (C=O) groups is 1. The third kappa shape index (κ3) is 4.80. The van der Waals surface area contributed by atoms with Crippen LogP contribution in [0.25, 0.3) is 0 Å². The molecule has 1 fully saturated rings. The molecule has 0 spiro atoms. The summed E-state index contributed by atoms with van der Waals surface area (Å²) in [7, 11) is 0. The van der Waals surface area contributed by atoms with Gasteiger partial charge in [-0.3, -0.25) is 4.90 Å². The molecule has 1 aliphatic heterocycles. The highest BCUT2D eigenvalue weighted by molar-refractivity contribution is 7.11. The van der Waals surface area contributed by atoms with Crippen LogP contribution in [0.5, 0.6) is 5.19 Å². The van der Waals surface area contributed by atoms with Gasteiger partial charge < -0.3 is 10.1 Å². The zero-order valence-corrected chi connectivity index (χ0v) is 15.6. The summed E-state index contributed by atoms with van der Waals surface area (Å²) in [5, 5.41) is 5.74. The average Bonchev–Trinajstić information content (AvgIpc) is 3.10. The molecule has 1 N–H and O–H groups in total. The van der Waals surface area contributed by atoms with E-state index >= 15 is 0 Å². The molecular formula is C19H25N3O2S. The molecule has 0 atom stereocenters. The molecule has 1 aromatic carbocycles. The van der Waals surface area contributed by atoms with Crippen LogP contribution in [0.1, 0.15) is 38.3 Å². The molecule has 0 radical (unpaired) electrons. The lowest BCUT2D eigenvalue weighted by molar-refractivity contribution is 0.204. The molecule has 0 bridgehead atoms. The SMILES string of the molecule is CC(C)c1csc(OC(=O)N(CC2CCNCC2)c2ccccc2)n1. The van der Waals surface area contributed by atoms with E-state index in [4.69, 9.17) is 4.74 Å². The number of rotatable bonds is 5. The number of aromatic nitrogens is 1. The number of para-hydroxylation sites is 1. The highest BCUT2D eigenvalue weighted by Crippen LogP contribution is 2.26. The monoisotopic (exact) mass is 359 g/mol. The van der Waals surface area contributed by atoms with Gasteiger partial charge in [0, 0.05) is 17.6 Å². The van der Waals surface area contributed by atoms with Crippen molar-refractivity contribution in [1.29, 1.82) is 0 Å². The number of thiazole rings is 1. The Balaban J connectivity index is 1.74. The van der Waals surface area contributed by atoms with Crippen molar-refractivity contribution in [1.82, 2.24) is 10.3 Å². The molecule has 5 nitrogen and oxygen atoms in total. The van der Waals surface area contributed by atoms with E-state index in [0.29, 0.717) is 23.6 Å². The fourth-order valence-corrected chi connectivity index (χ4v) is 3.75.